The summed E-state index contributed by atoms with van der Waals surface area (Å²) in [4.78, 5) is 8.61. The topological polar surface area (TPSA) is 49.2 Å². The molecule has 100 valence electrons. The molecule has 0 unspecified atom stereocenters. The SMILES string of the molecule is c1ccc(Oc2ncnc3cc4n(c23)CCOC4)cc1. The zero-order valence-corrected chi connectivity index (χ0v) is 10.8. The summed E-state index contributed by atoms with van der Waals surface area (Å²) in [5.74, 6) is 1.37. The van der Waals surface area contributed by atoms with Crippen molar-refractivity contribution in [2.75, 3.05) is 6.61 Å². The molecule has 0 aliphatic carbocycles. The molecule has 0 spiro atoms. The van der Waals surface area contributed by atoms with Gasteiger partial charge in [0, 0.05) is 12.2 Å². The first kappa shape index (κ1) is 11.4. The van der Waals surface area contributed by atoms with E-state index in [9.17, 15) is 0 Å². The molecule has 20 heavy (non-hydrogen) atoms. The van der Waals surface area contributed by atoms with Gasteiger partial charge in [-0.05, 0) is 18.2 Å². The Hall–Kier alpha value is -2.40. The smallest absolute Gasteiger partial charge is 0.247 e. The Kier molecular flexibility index (Phi) is 2.63. The minimum atomic E-state index is 0.592. The zero-order valence-electron chi connectivity index (χ0n) is 10.8. The molecule has 3 heterocycles. The molecular weight excluding hydrogens is 254 g/mol. The van der Waals surface area contributed by atoms with Crippen LogP contribution in [0.3, 0.4) is 0 Å². The van der Waals surface area contributed by atoms with Crippen LogP contribution in [0.5, 0.6) is 11.6 Å². The van der Waals surface area contributed by atoms with Gasteiger partial charge in [0.1, 0.15) is 17.6 Å². The van der Waals surface area contributed by atoms with Crippen molar-refractivity contribution in [2.45, 2.75) is 13.2 Å². The lowest BCUT2D eigenvalue weighted by molar-refractivity contribution is 0.0864. The molecule has 0 bridgehead atoms. The van der Waals surface area contributed by atoms with Gasteiger partial charge in [-0.3, -0.25) is 0 Å². The molecule has 0 amide bonds. The summed E-state index contributed by atoms with van der Waals surface area (Å²) in [6, 6.07) is 11.7. The van der Waals surface area contributed by atoms with Crippen molar-refractivity contribution in [1.82, 2.24) is 14.5 Å². The van der Waals surface area contributed by atoms with Gasteiger partial charge in [-0.2, -0.15) is 4.98 Å². The quantitative estimate of drug-likeness (QED) is 0.716. The summed E-state index contributed by atoms with van der Waals surface area (Å²) in [6.45, 7) is 2.12. The monoisotopic (exact) mass is 267 g/mol. The van der Waals surface area contributed by atoms with Crippen LogP contribution in [0.25, 0.3) is 11.0 Å². The number of hydrogen-bond donors (Lipinski definition) is 0. The van der Waals surface area contributed by atoms with Crippen molar-refractivity contribution < 1.29 is 9.47 Å². The zero-order chi connectivity index (χ0) is 13.4. The number of fused-ring (bicyclic) bond motifs is 3. The molecule has 1 aromatic carbocycles. The second-order valence-electron chi connectivity index (χ2n) is 4.67. The molecule has 3 aromatic rings. The first-order valence-corrected chi connectivity index (χ1v) is 6.55. The third-order valence-electron chi connectivity index (χ3n) is 3.40. The summed E-state index contributed by atoms with van der Waals surface area (Å²) in [7, 11) is 0. The second-order valence-corrected chi connectivity index (χ2v) is 4.67. The number of benzene rings is 1. The Morgan fingerprint density at radius 3 is 2.95 bits per heavy atom. The lowest BCUT2D eigenvalue weighted by Crippen LogP contribution is -2.16. The van der Waals surface area contributed by atoms with E-state index < -0.39 is 0 Å². The van der Waals surface area contributed by atoms with E-state index in [4.69, 9.17) is 9.47 Å². The first-order chi connectivity index (χ1) is 9.92. The van der Waals surface area contributed by atoms with Crippen molar-refractivity contribution >= 4 is 11.0 Å². The molecular formula is C15H13N3O2. The molecule has 5 nitrogen and oxygen atoms in total. The van der Waals surface area contributed by atoms with Crippen LogP contribution in [0.2, 0.25) is 0 Å². The predicted molar refractivity (Wildman–Crippen MR) is 73.7 cm³/mol. The van der Waals surface area contributed by atoms with Gasteiger partial charge in [-0.15, -0.1) is 0 Å². The largest absolute Gasteiger partial charge is 0.437 e. The summed E-state index contributed by atoms with van der Waals surface area (Å²) >= 11 is 0. The average Bonchev–Trinajstić information content (AvgIpc) is 2.88. The number of nitrogens with zero attached hydrogens (tertiary/aromatic N) is 3. The van der Waals surface area contributed by atoms with Gasteiger partial charge in [-0.25, -0.2) is 4.98 Å². The van der Waals surface area contributed by atoms with Gasteiger partial charge in [0.25, 0.3) is 0 Å². The third-order valence-corrected chi connectivity index (χ3v) is 3.40. The maximum atomic E-state index is 5.90. The molecule has 4 rings (SSSR count). The Bertz CT molecular complexity index is 752. The fourth-order valence-electron chi connectivity index (χ4n) is 2.50. The average molecular weight is 267 g/mol. The maximum absolute atomic E-state index is 5.90. The lowest BCUT2D eigenvalue weighted by Gasteiger charge is -2.17. The minimum Gasteiger partial charge on any atom is -0.437 e. The summed E-state index contributed by atoms with van der Waals surface area (Å²) in [5, 5.41) is 0. The van der Waals surface area contributed by atoms with Gasteiger partial charge in [-0.1, -0.05) is 18.2 Å². The van der Waals surface area contributed by atoms with Gasteiger partial charge < -0.3 is 14.0 Å². The molecule has 0 fully saturated rings. The van der Waals surface area contributed by atoms with Crippen LogP contribution < -0.4 is 4.74 Å². The Balaban J connectivity index is 1.85. The van der Waals surface area contributed by atoms with E-state index in [0.717, 1.165) is 29.0 Å². The molecule has 0 atom stereocenters. The van der Waals surface area contributed by atoms with Crippen LogP contribution in [0, 0.1) is 0 Å². The molecule has 0 radical (unpaired) electrons. The number of aromatic nitrogens is 3. The number of hydrogen-bond acceptors (Lipinski definition) is 4. The second kappa shape index (κ2) is 4.61. The number of ether oxygens (including phenoxy) is 2. The predicted octanol–water partition coefficient (Wildman–Crippen LogP) is 2.75. The van der Waals surface area contributed by atoms with E-state index >= 15 is 0 Å². The van der Waals surface area contributed by atoms with Crippen LogP contribution in [0.15, 0.2) is 42.7 Å². The fourth-order valence-corrected chi connectivity index (χ4v) is 2.50. The first-order valence-electron chi connectivity index (χ1n) is 6.55. The van der Waals surface area contributed by atoms with Crippen molar-refractivity contribution in [3.05, 3.63) is 48.4 Å². The fraction of sp³-hybridized carbons (Fsp3) is 0.200. The molecule has 1 aliphatic rings. The molecule has 1 aliphatic heterocycles. The van der Waals surface area contributed by atoms with Crippen molar-refractivity contribution in [2.24, 2.45) is 0 Å². The van der Waals surface area contributed by atoms with Crippen molar-refractivity contribution in [3.63, 3.8) is 0 Å². The van der Waals surface area contributed by atoms with E-state index in [1.807, 2.05) is 36.4 Å². The number of rotatable bonds is 2. The molecule has 0 N–H and O–H groups in total. The van der Waals surface area contributed by atoms with Crippen LogP contribution in [0.4, 0.5) is 0 Å². The molecule has 2 aromatic heterocycles. The van der Waals surface area contributed by atoms with Crippen LogP contribution in [-0.2, 0) is 17.9 Å². The van der Waals surface area contributed by atoms with Crippen LogP contribution in [-0.4, -0.2) is 21.1 Å². The highest BCUT2D eigenvalue weighted by Crippen LogP contribution is 2.30. The standard InChI is InChI=1S/C15H13N3O2/c1-2-4-12(5-3-1)20-15-14-13(16-10-17-15)8-11-9-19-7-6-18(11)14/h1-5,8,10H,6-7,9H2. The van der Waals surface area contributed by atoms with E-state index in [1.165, 1.54) is 6.33 Å². The maximum Gasteiger partial charge on any atom is 0.247 e. The van der Waals surface area contributed by atoms with Gasteiger partial charge in [0.15, 0.2) is 0 Å². The summed E-state index contributed by atoms with van der Waals surface area (Å²) in [6.07, 6.45) is 1.54. The van der Waals surface area contributed by atoms with Crippen molar-refractivity contribution in [3.8, 4) is 11.6 Å². The highest BCUT2D eigenvalue weighted by Gasteiger charge is 2.18. The Morgan fingerprint density at radius 1 is 1.15 bits per heavy atom. The minimum absolute atomic E-state index is 0.592. The number of para-hydroxylation sites is 1. The molecule has 5 heteroatoms. The van der Waals surface area contributed by atoms with Crippen molar-refractivity contribution in [1.29, 1.82) is 0 Å². The highest BCUT2D eigenvalue weighted by atomic mass is 16.5. The highest BCUT2D eigenvalue weighted by molar-refractivity contribution is 5.82. The summed E-state index contributed by atoms with van der Waals surface area (Å²) in [5.41, 5.74) is 2.95. The van der Waals surface area contributed by atoms with Gasteiger partial charge in [0.2, 0.25) is 5.88 Å². The van der Waals surface area contributed by atoms with Gasteiger partial charge >= 0.3 is 0 Å². The van der Waals surface area contributed by atoms with Crippen LogP contribution >= 0.6 is 0 Å². The van der Waals surface area contributed by atoms with E-state index in [0.29, 0.717) is 19.1 Å². The lowest BCUT2D eigenvalue weighted by atomic mass is 10.3. The molecule has 0 saturated heterocycles. The van der Waals surface area contributed by atoms with E-state index in [1.54, 1.807) is 0 Å². The van der Waals surface area contributed by atoms with E-state index in [2.05, 4.69) is 14.5 Å². The van der Waals surface area contributed by atoms with Gasteiger partial charge in [0.05, 0.1) is 18.7 Å². The Morgan fingerprint density at radius 2 is 2.05 bits per heavy atom. The summed E-state index contributed by atoms with van der Waals surface area (Å²) < 4.78 is 13.6. The normalized spacial score (nSPS) is 14.2. The third kappa shape index (κ3) is 1.83. The Labute approximate surface area is 115 Å². The van der Waals surface area contributed by atoms with Crippen LogP contribution in [0.1, 0.15) is 5.69 Å². The van der Waals surface area contributed by atoms with E-state index in [-0.39, 0.29) is 0 Å². The molecule has 0 saturated carbocycles.